The Bertz CT molecular complexity index is 561. The first-order valence-electron chi connectivity index (χ1n) is 6.22. The average Bonchev–Trinajstić information content (AvgIpc) is 3.12. The summed E-state index contributed by atoms with van der Waals surface area (Å²) in [6.07, 6.45) is 5.09. The van der Waals surface area contributed by atoms with Gasteiger partial charge in [0.1, 0.15) is 23.8 Å². The molecule has 18 heavy (non-hydrogen) atoms. The van der Waals surface area contributed by atoms with E-state index in [4.69, 9.17) is 11.6 Å². The fourth-order valence-corrected chi connectivity index (χ4v) is 2.42. The molecule has 0 radical (unpaired) electrons. The Hall–Kier alpha value is -1.16. The quantitative estimate of drug-likeness (QED) is 0.775. The molecule has 0 aromatic carbocycles. The van der Waals surface area contributed by atoms with Crippen molar-refractivity contribution >= 4 is 22.6 Å². The van der Waals surface area contributed by atoms with Gasteiger partial charge in [-0.2, -0.15) is 0 Å². The van der Waals surface area contributed by atoms with Gasteiger partial charge < -0.3 is 4.57 Å². The molecule has 0 saturated heterocycles. The Morgan fingerprint density at radius 3 is 2.61 bits per heavy atom. The maximum Gasteiger partial charge on any atom is 0.145 e. The van der Waals surface area contributed by atoms with E-state index in [0.29, 0.717) is 5.15 Å². The fourth-order valence-electron chi connectivity index (χ4n) is 2.14. The van der Waals surface area contributed by atoms with Crippen molar-refractivity contribution in [1.29, 1.82) is 0 Å². The Balaban J connectivity index is 0.000000574. The normalized spacial score (nSPS) is 16.3. The molecule has 0 amide bonds. The second-order valence-electron chi connectivity index (χ2n) is 4.40. The highest BCUT2D eigenvalue weighted by molar-refractivity contribution is 6.34. The highest BCUT2D eigenvalue weighted by Gasteiger charge is 2.46. The van der Waals surface area contributed by atoms with Crippen LogP contribution in [0.25, 0.3) is 11.0 Å². The molecule has 0 atom stereocenters. The topological polar surface area (TPSA) is 30.7 Å². The molecule has 0 bridgehead atoms. The minimum Gasteiger partial charge on any atom is -0.323 e. The first kappa shape index (κ1) is 13.3. The zero-order chi connectivity index (χ0) is 13.3. The van der Waals surface area contributed by atoms with E-state index in [1.165, 1.54) is 6.33 Å². The minimum absolute atomic E-state index is 0.349. The van der Waals surface area contributed by atoms with Crippen LogP contribution in [0.2, 0.25) is 5.15 Å². The molecule has 1 aliphatic rings. The van der Waals surface area contributed by atoms with Crippen LogP contribution in [0, 0.1) is 6.92 Å². The minimum atomic E-state index is -0.371. The van der Waals surface area contributed by atoms with Crippen LogP contribution in [0.4, 0.5) is 4.39 Å². The van der Waals surface area contributed by atoms with E-state index in [2.05, 4.69) is 9.97 Å². The van der Waals surface area contributed by atoms with Crippen LogP contribution >= 0.6 is 11.6 Å². The Labute approximate surface area is 111 Å². The van der Waals surface area contributed by atoms with Gasteiger partial charge in [-0.25, -0.2) is 14.4 Å². The SMILES string of the molecule is CC.Cc1cn(C2(CF)CC2)c2ncnc(Cl)c12. The molecule has 98 valence electrons. The molecule has 1 fully saturated rings. The van der Waals surface area contributed by atoms with Crippen LogP contribution in [-0.2, 0) is 5.54 Å². The van der Waals surface area contributed by atoms with Crippen molar-refractivity contribution in [3.63, 3.8) is 0 Å². The van der Waals surface area contributed by atoms with Crippen molar-refractivity contribution in [1.82, 2.24) is 14.5 Å². The van der Waals surface area contributed by atoms with Gasteiger partial charge in [0.15, 0.2) is 0 Å². The highest BCUT2D eigenvalue weighted by atomic mass is 35.5. The van der Waals surface area contributed by atoms with Crippen LogP contribution in [-0.4, -0.2) is 21.2 Å². The predicted molar refractivity (Wildman–Crippen MR) is 71.8 cm³/mol. The van der Waals surface area contributed by atoms with E-state index in [1.807, 2.05) is 31.5 Å². The molecule has 2 aromatic heterocycles. The van der Waals surface area contributed by atoms with Crippen molar-refractivity contribution in [2.75, 3.05) is 6.67 Å². The van der Waals surface area contributed by atoms with Gasteiger partial charge in [0.2, 0.25) is 0 Å². The third-order valence-corrected chi connectivity index (χ3v) is 3.60. The summed E-state index contributed by atoms with van der Waals surface area (Å²) >= 11 is 6.03. The lowest BCUT2D eigenvalue weighted by Crippen LogP contribution is -2.18. The van der Waals surface area contributed by atoms with Gasteiger partial charge >= 0.3 is 0 Å². The summed E-state index contributed by atoms with van der Waals surface area (Å²) in [7, 11) is 0. The van der Waals surface area contributed by atoms with Crippen LogP contribution in [0.1, 0.15) is 32.3 Å². The summed E-state index contributed by atoms with van der Waals surface area (Å²) in [6, 6.07) is 0. The number of hydrogen-bond donors (Lipinski definition) is 0. The van der Waals surface area contributed by atoms with Crippen LogP contribution in [0.15, 0.2) is 12.5 Å². The van der Waals surface area contributed by atoms with Crippen molar-refractivity contribution in [3.8, 4) is 0 Å². The lowest BCUT2D eigenvalue weighted by molar-refractivity contribution is 0.342. The summed E-state index contributed by atoms with van der Waals surface area (Å²) in [5.74, 6) is 0. The van der Waals surface area contributed by atoms with Crippen LogP contribution in [0.5, 0.6) is 0 Å². The summed E-state index contributed by atoms with van der Waals surface area (Å²) in [4.78, 5) is 8.17. The Kier molecular flexibility index (Phi) is 3.57. The molecule has 1 aliphatic carbocycles. The average molecular weight is 270 g/mol. The lowest BCUT2D eigenvalue weighted by atomic mass is 10.3. The maximum atomic E-state index is 13.1. The molecule has 3 rings (SSSR count). The summed E-state index contributed by atoms with van der Waals surface area (Å²) in [5.41, 5.74) is 1.37. The standard InChI is InChI=1S/C11H11ClFN3.C2H6/c1-7-4-16(11(5-13)2-3-11)10-8(7)9(12)14-6-15-10;1-2/h4,6H,2-3,5H2,1H3;1-2H3. The number of rotatable bonds is 2. The summed E-state index contributed by atoms with van der Waals surface area (Å²) < 4.78 is 15.0. The first-order valence-corrected chi connectivity index (χ1v) is 6.60. The number of nitrogens with zero attached hydrogens (tertiary/aromatic N) is 3. The number of halogens is 2. The molecule has 2 aromatic rings. The number of aryl methyl sites for hydroxylation is 1. The zero-order valence-electron chi connectivity index (χ0n) is 10.9. The third-order valence-electron chi connectivity index (χ3n) is 3.31. The first-order chi connectivity index (χ1) is 8.68. The second-order valence-corrected chi connectivity index (χ2v) is 4.76. The van der Waals surface area contributed by atoms with E-state index in [0.717, 1.165) is 29.4 Å². The van der Waals surface area contributed by atoms with E-state index in [-0.39, 0.29) is 12.2 Å². The van der Waals surface area contributed by atoms with Gasteiger partial charge in [-0.15, -0.1) is 0 Å². The predicted octanol–water partition coefficient (Wildman–Crippen LogP) is 3.88. The molecule has 3 nitrogen and oxygen atoms in total. The van der Waals surface area contributed by atoms with Gasteiger partial charge in [-0.3, -0.25) is 0 Å². The number of aromatic nitrogens is 3. The van der Waals surface area contributed by atoms with Crippen molar-refractivity contribution in [2.24, 2.45) is 0 Å². The van der Waals surface area contributed by atoms with Crippen LogP contribution in [0.3, 0.4) is 0 Å². The molecule has 1 saturated carbocycles. The van der Waals surface area contributed by atoms with Crippen molar-refractivity contribution in [2.45, 2.75) is 39.2 Å². The number of hydrogen-bond acceptors (Lipinski definition) is 2. The third kappa shape index (κ3) is 1.88. The molecule has 0 N–H and O–H groups in total. The summed E-state index contributed by atoms with van der Waals surface area (Å²) in [6.45, 7) is 5.60. The van der Waals surface area contributed by atoms with Gasteiger partial charge in [0.25, 0.3) is 0 Å². The highest BCUT2D eigenvalue weighted by Crippen LogP contribution is 2.46. The fraction of sp³-hybridized carbons (Fsp3) is 0.538. The second kappa shape index (κ2) is 4.84. The molecular weight excluding hydrogens is 253 g/mol. The monoisotopic (exact) mass is 269 g/mol. The van der Waals surface area contributed by atoms with Gasteiger partial charge in [-0.1, -0.05) is 25.4 Å². The Morgan fingerprint density at radius 2 is 2.06 bits per heavy atom. The van der Waals surface area contributed by atoms with E-state index >= 15 is 0 Å². The smallest absolute Gasteiger partial charge is 0.145 e. The molecule has 0 aliphatic heterocycles. The Morgan fingerprint density at radius 1 is 1.39 bits per heavy atom. The maximum absolute atomic E-state index is 13.1. The van der Waals surface area contributed by atoms with Gasteiger partial charge in [0, 0.05) is 6.20 Å². The largest absolute Gasteiger partial charge is 0.323 e. The summed E-state index contributed by atoms with van der Waals surface area (Å²) in [5, 5.41) is 1.28. The van der Waals surface area contributed by atoms with E-state index in [9.17, 15) is 4.39 Å². The van der Waals surface area contributed by atoms with Crippen molar-refractivity contribution in [3.05, 3.63) is 23.2 Å². The van der Waals surface area contributed by atoms with Crippen LogP contribution < -0.4 is 0 Å². The lowest BCUT2D eigenvalue weighted by Gasteiger charge is -2.13. The molecule has 2 heterocycles. The number of fused-ring (bicyclic) bond motifs is 1. The molecule has 0 unspecified atom stereocenters. The van der Waals surface area contributed by atoms with Gasteiger partial charge in [-0.05, 0) is 25.3 Å². The zero-order valence-corrected chi connectivity index (χ0v) is 11.6. The molecular formula is C13H17ClFN3. The van der Waals surface area contributed by atoms with Crippen molar-refractivity contribution < 1.29 is 4.39 Å². The molecule has 0 spiro atoms. The molecule has 5 heteroatoms. The van der Waals surface area contributed by atoms with E-state index in [1.54, 1.807) is 0 Å². The number of alkyl halides is 1. The van der Waals surface area contributed by atoms with Gasteiger partial charge in [0.05, 0.1) is 10.9 Å². The van der Waals surface area contributed by atoms with E-state index < -0.39 is 0 Å².